The number of ether oxygens (including phenoxy) is 2. The molecule has 0 radical (unpaired) electrons. The largest absolute Gasteiger partial charge is 0.503 e. The quantitative estimate of drug-likeness (QED) is 0.332. The number of methoxy groups -OCH3 is 2. The molecule has 0 saturated heterocycles. The molecule has 0 saturated carbocycles. The average Bonchev–Trinajstić information content (AvgIpc) is 3.57. The maximum atomic E-state index is 13.8. The number of anilines is 1. The third-order valence-electron chi connectivity index (χ3n) is 6.13. The van der Waals surface area contributed by atoms with Gasteiger partial charge < -0.3 is 19.0 Å². The Morgan fingerprint density at radius 3 is 2.54 bits per heavy atom. The second-order valence-electron chi connectivity index (χ2n) is 8.40. The SMILES string of the molecule is COc1cccc(C2C(C(=O)c3cc4cccc(OC)c4o3)=C(O)C(=O)N2c2nc(C)c(C(C)=O)s2)c1. The van der Waals surface area contributed by atoms with Crippen LogP contribution in [0.15, 0.2) is 64.3 Å². The van der Waals surface area contributed by atoms with Gasteiger partial charge >= 0.3 is 0 Å². The number of ketones is 2. The number of thiazole rings is 1. The summed E-state index contributed by atoms with van der Waals surface area (Å²) in [6.07, 6.45) is 0. The molecule has 0 bridgehead atoms. The van der Waals surface area contributed by atoms with Crippen LogP contribution in [0.1, 0.15) is 44.4 Å². The van der Waals surface area contributed by atoms with E-state index in [1.54, 1.807) is 49.4 Å². The first kappa shape index (κ1) is 24.3. The number of hydrogen-bond acceptors (Lipinski definition) is 9. The zero-order valence-electron chi connectivity index (χ0n) is 20.4. The highest BCUT2D eigenvalue weighted by Crippen LogP contribution is 2.45. The van der Waals surface area contributed by atoms with Crippen molar-refractivity contribution in [2.24, 2.45) is 0 Å². The summed E-state index contributed by atoms with van der Waals surface area (Å²) in [5.74, 6) is -1.52. The zero-order valence-corrected chi connectivity index (χ0v) is 21.2. The summed E-state index contributed by atoms with van der Waals surface area (Å²) in [7, 11) is 2.99. The van der Waals surface area contributed by atoms with Gasteiger partial charge in [-0.05, 0) is 36.8 Å². The number of furan rings is 1. The Morgan fingerprint density at radius 1 is 1.11 bits per heavy atom. The van der Waals surface area contributed by atoms with Crippen molar-refractivity contribution in [1.82, 2.24) is 4.98 Å². The number of para-hydroxylation sites is 1. The fraction of sp³-hybridized carbons (Fsp3) is 0.185. The van der Waals surface area contributed by atoms with Crippen molar-refractivity contribution >= 4 is 44.9 Å². The third-order valence-corrected chi connectivity index (χ3v) is 7.38. The Balaban J connectivity index is 1.68. The van der Waals surface area contributed by atoms with Crippen molar-refractivity contribution in [3.05, 3.63) is 81.8 Å². The number of benzene rings is 2. The van der Waals surface area contributed by atoms with E-state index in [-0.39, 0.29) is 22.2 Å². The number of hydrogen-bond donors (Lipinski definition) is 1. The minimum atomic E-state index is -1.05. The summed E-state index contributed by atoms with van der Waals surface area (Å²) in [5, 5.41) is 11.8. The summed E-state index contributed by atoms with van der Waals surface area (Å²) in [6, 6.07) is 12.6. The van der Waals surface area contributed by atoms with Crippen LogP contribution in [0.5, 0.6) is 11.5 Å². The van der Waals surface area contributed by atoms with Crippen molar-refractivity contribution in [3.8, 4) is 11.5 Å². The van der Waals surface area contributed by atoms with E-state index in [0.29, 0.717) is 38.6 Å². The molecular weight excluding hydrogens is 496 g/mol. The van der Waals surface area contributed by atoms with Crippen LogP contribution in [-0.4, -0.2) is 41.8 Å². The van der Waals surface area contributed by atoms with Gasteiger partial charge in [0.25, 0.3) is 5.91 Å². The number of Topliss-reactive ketones (excluding diaryl/α,β-unsaturated/α-hetero) is 2. The van der Waals surface area contributed by atoms with Crippen LogP contribution in [0.3, 0.4) is 0 Å². The van der Waals surface area contributed by atoms with E-state index in [1.807, 2.05) is 0 Å². The normalized spacial score (nSPS) is 15.5. The lowest BCUT2D eigenvalue weighted by atomic mass is 9.95. The van der Waals surface area contributed by atoms with Gasteiger partial charge in [-0.15, -0.1) is 0 Å². The van der Waals surface area contributed by atoms with Gasteiger partial charge in [-0.1, -0.05) is 35.6 Å². The smallest absolute Gasteiger partial charge is 0.296 e. The summed E-state index contributed by atoms with van der Waals surface area (Å²) < 4.78 is 16.5. The van der Waals surface area contributed by atoms with Crippen LogP contribution < -0.4 is 14.4 Å². The van der Waals surface area contributed by atoms with Crippen molar-refractivity contribution in [2.45, 2.75) is 19.9 Å². The fourth-order valence-corrected chi connectivity index (χ4v) is 5.40. The third kappa shape index (κ3) is 3.95. The van der Waals surface area contributed by atoms with E-state index < -0.39 is 23.5 Å². The lowest BCUT2D eigenvalue weighted by Crippen LogP contribution is -2.31. The molecule has 37 heavy (non-hydrogen) atoms. The minimum Gasteiger partial charge on any atom is -0.503 e. The summed E-state index contributed by atoms with van der Waals surface area (Å²) in [4.78, 5) is 45.4. The highest BCUT2D eigenvalue weighted by molar-refractivity contribution is 7.17. The Bertz CT molecular complexity index is 1610. The van der Waals surface area contributed by atoms with E-state index in [0.717, 1.165) is 11.3 Å². The molecule has 1 N–H and O–H groups in total. The predicted molar refractivity (Wildman–Crippen MR) is 137 cm³/mol. The van der Waals surface area contributed by atoms with Crippen molar-refractivity contribution in [1.29, 1.82) is 0 Å². The number of carbonyl (C=O) groups excluding carboxylic acids is 3. The average molecular weight is 519 g/mol. The Labute approximate surface area is 215 Å². The number of nitrogens with zero attached hydrogens (tertiary/aromatic N) is 2. The molecule has 188 valence electrons. The van der Waals surface area contributed by atoms with Crippen LogP contribution >= 0.6 is 11.3 Å². The zero-order chi connectivity index (χ0) is 26.4. The van der Waals surface area contributed by atoms with Crippen LogP contribution in [-0.2, 0) is 4.79 Å². The maximum Gasteiger partial charge on any atom is 0.296 e. The Kier molecular flexibility index (Phi) is 6.04. The number of rotatable bonds is 7. The van der Waals surface area contributed by atoms with Gasteiger partial charge in [-0.3, -0.25) is 19.3 Å². The summed E-state index contributed by atoms with van der Waals surface area (Å²) >= 11 is 1.02. The summed E-state index contributed by atoms with van der Waals surface area (Å²) in [5.41, 5.74) is 1.15. The Hall–Kier alpha value is -4.44. The van der Waals surface area contributed by atoms with E-state index in [4.69, 9.17) is 13.9 Å². The van der Waals surface area contributed by atoms with Gasteiger partial charge in [-0.2, -0.15) is 0 Å². The molecular formula is C27H22N2O7S. The van der Waals surface area contributed by atoms with Gasteiger partial charge in [0.15, 0.2) is 33.8 Å². The fourth-order valence-electron chi connectivity index (χ4n) is 4.42. The molecule has 3 heterocycles. The van der Waals surface area contributed by atoms with Crippen LogP contribution in [0.4, 0.5) is 5.13 Å². The lowest BCUT2D eigenvalue weighted by Gasteiger charge is -2.24. The summed E-state index contributed by atoms with van der Waals surface area (Å²) in [6.45, 7) is 3.08. The molecule has 5 rings (SSSR count). The van der Waals surface area contributed by atoms with E-state index in [9.17, 15) is 19.5 Å². The van der Waals surface area contributed by atoms with Crippen LogP contribution in [0, 0.1) is 6.92 Å². The van der Waals surface area contributed by atoms with Crippen molar-refractivity contribution < 1.29 is 33.4 Å². The highest BCUT2D eigenvalue weighted by atomic mass is 32.1. The molecule has 4 aromatic rings. The molecule has 9 nitrogen and oxygen atoms in total. The lowest BCUT2D eigenvalue weighted by molar-refractivity contribution is -0.117. The minimum absolute atomic E-state index is 0.0664. The van der Waals surface area contributed by atoms with E-state index >= 15 is 0 Å². The molecule has 0 aliphatic carbocycles. The van der Waals surface area contributed by atoms with Gasteiger partial charge in [0.1, 0.15) is 5.75 Å². The molecule has 0 fully saturated rings. The first-order chi connectivity index (χ1) is 17.7. The molecule has 1 aliphatic heterocycles. The standard InChI is InChI=1S/C27H22N2O7S/c1-13-25(14(2)30)37-27(28-13)29-21(15-7-5-9-17(11-15)34-3)20(23(32)26(29)33)22(31)19-12-16-8-6-10-18(35-4)24(16)36-19/h5-12,21,32H,1-4H3. The molecule has 10 heteroatoms. The second kappa shape index (κ2) is 9.21. The van der Waals surface area contributed by atoms with E-state index in [1.165, 1.54) is 32.1 Å². The number of amides is 1. The molecule has 1 aliphatic rings. The number of aliphatic hydroxyl groups is 1. The van der Waals surface area contributed by atoms with Crippen molar-refractivity contribution in [3.63, 3.8) is 0 Å². The van der Waals surface area contributed by atoms with Gasteiger partial charge in [0, 0.05) is 12.3 Å². The molecule has 1 unspecified atom stereocenters. The number of aliphatic hydroxyl groups excluding tert-OH is 1. The maximum absolute atomic E-state index is 13.8. The molecule has 1 atom stereocenters. The monoisotopic (exact) mass is 518 g/mol. The highest BCUT2D eigenvalue weighted by Gasteiger charge is 2.47. The number of fused-ring (bicyclic) bond motifs is 1. The Morgan fingerprint density at radius 2 is 1.86 bits per heavy atom. The van der Waals surface area contributed by atoms with Gasteiger partial charge in [0.05, 0.1) is 36.4 Å². The van der Waals surface area contributed by atoms with Crippen LogP contribution in [0.25, 0.3) is 11.0 Å². The first-order valence-corrected chi connectivity index (χ1v) is 12.1. The predicted octanol–water partition coefficient (Wildman–Crippen LogP) is 5.20. The second-order valence-corrected chi connectivity index (χ2v) is 9.38. The van der Waals surface area contributed by atoms with Crippen LogP contribution in [0.2, 0.25) is 0 Å². The molecule has 0 spiro atoms. The number of aromatic nitrogens is 1. The molecule has 2 aromatic heterocycles. The topological polar surface area (TPSA) is 119 Å². The van der Waals surface area contributed by atoms with E-state index in [2.05, 4.69) is 4.98 Å². The van der Waals surface area contributed by atoms with Gasteiger partial charge in [0.2, 0.25) is 5.78 Å². The molecule has 1 amide bonds. The molecule has 2 aromatic carbocycles. The first-order valence-electron chi connectivity index (χ1n) is 11.2. The van der Waals surface area contributed by atoms with Gasteiger partial charge in [-0.25, -0.2) is 4.98 Å². The van der Waals surface area contributed by atoms with Crippen molar-refractivity contribution in [2.75, 3.05) is 19.1 Å². The number of carbonyl (C=O) groups is 3. The number of aryl methyl sites for hydroxylation is 1.